The van der Waals surface area contributed by atoms with Gasteiger partial charge in [0.15, 0.2) is 0 Å². The van der Waals surface area contributed by atoms with Crippen LogP contribution in [-0.2, 0) is 9.47 Å². The number of nitrogens with one attached hydrogen (secondary N) is 1. The zero-order chi connectivity index (χ0) is 14.5. The van der Waals surface area contributed by atoms with E-state index in [1.165, 1.54) is 12.1 Å². The minimum absolute atomic E-state index is 0.00308. The minimum atomic E-state index is -0.590. The van der Waals surface area contributed by atoms with Crippen LogP contribution in [0.4, 0.5) is 8.78 Å². The van der Waals surface area contributed by atoms with Crippen molar-refractivity contribution in [2.45, 2.75) is 25.5 Å². The molecule has 3 nitrogen and oxygen atoms in total. The van der Waals surface area contributed by atoms with E-state index < -0.39 is 23.8 Å². The number of benzene rings is 1. The van der Waals surface area contributed by atoms with Crippen LogP contribution < -0.4 is 5.32 Å². The predicted molar refractivity (Wildman–Crippen MR) is 75.7 cm³/mol. The van der Waals surface area contributed by atoms with Gasteiger partial charge in [-0.25, -0.2) is 8.78 Å². The normalized spacial score (nSPS) is 20.9. The van der Waals surface area contributed by atoms with Gasteiger partial charge in [-0.15, -0.1) is 0 Å². The zero-order valence-electron chi connectivity index (χ0n) is 11.3. The quantitative estimate of drug-likeness (QED) is 0.828. The lowest BCUT2D eigenvalue weighted by Crippen LogP contribution is -2.41. The Morgan fingerprint density at radius 1 is 1.40 bits per heavy atom. The lowest BCUT2D eigenvalue weighted by atomic mass is 9.99. The first-order valence-corrected chi connectivity index (χ1v) is 7.50. The topological polar surface area (TPSA) is 30.5 Å². The minimum Gasteiger partial charge on any atom is -0.376 e. The average Bonchev–Trinajstić information content (AvgIpc) is 2.47. The van der Waals surface area contributed by atoms with Gasteiger partial charge in [0.05, 0.1) is 30.3 Å². The average molecular weight is 350 g/mol. The van der Waals surface area contributed by atoms with Gasteiger partial charge in [-0.1, -0.05) is 6.92 Å². The molecule has 2 unspecified atom stereocenters. The third kappa shape index (κ3) is 3.55. The maximum absolute atomic E-state index is 14.3. The van der Waals surface area contributed by atoms with E-state index >= 15 is 0 Å². The molecule has 1 aliphatic heterocycles. The molecule has 1 saturated heterocycles. The van der Waals surface area contributed by atoms with E-state index in [2.05, 4.69) is 21.2 Å². The second-order valence-corrected chi connectivity index (χ2v) is 5.53. The monoisotopic (exact) mass is 349 g/mol. The van der Waals surface area contributed by atoms with Crippen molar-refractivity contribution in [3.8, 4) is 0 Å². The predicted octanol–water partition coefficient (Wildman–Crippen LogP) is 3.18. The molecule has 0 radical (unpaired) electrons. The van der Waals surface area contributed by atoms with E-state index in [1.807, 2.05) is 6.92 Å². The van der Waals surface area contributed by atoms with E-state index in [9.17, 15) is 8.78 Å². The molecule has 20 heavy (non-hydrogen) atoms. The van der Waals surface area contributed by atoms with Crippen LogP contribution in [0.1, 0.15) is 24.9 Å². The van der Waals surface area contributed by atoms with Gasteiger partial charge in [0.2, 0.25) is 0 Å². The Balaban J connectivity index is 2.32. The summed E-state index contributed by atoms with van der Waals surface area (Å²) in [5.41, 5.74) is 0.00308. The highest BCUT2D eigenvalue weighted by molar-refractivity contribution is 9.10. The van der Waals surface area contributed by atoms with Gasteiger partial charge in [0, 0.05) is 5.56 Å². The van der Waals surface area contributed by atoms with Crippen LogP contribution in [0, 0.1) is 11.6 Å². The summed E-state index contributed by atoms with van der Waals surface area (Å²) in [4.78, 5) is 0. The van der Waals surface area contributed by atoms with Crippen LogP contribution in [0.25, 0.3) is 0 Å². The molecule has 2 atom stereocenters. The summed E-state index contributed by atoms with van der Waals surface area (Å²) in [5.74, 6) is -1.17. The molecule has 1 aromatic carbocycles. The van der Waals surface area contributed by atoms with Crippen LogP contribution in [-0.4, -0.2) is 32.5 Å². The van der Waals surface area contributed by atoms with Crippen LogP contribution >= 0.6 is 15.9 Å². The molecule has 0 spiro atoms. The maximum Gasteiger partial charge on any atom is 0.145 e. The highest BCUT2D eigenvalue weighted by atomic mass is 79.9. The molecule has 1 aromatic rings. The summed E-state index contributed by atoms with van der Waals surface area (Å²) in [6, 6.07) is 2.06. The Bertz CT molecular complexity index is 453. The van der Waals surface area contributed by atoms with Gasteiger partial charge in [-0.05, 0) is 41.0 Å². The summed E-state index contributed by atoms with van der Waals surface area (Å²) in [7, 11) is 0. The zero-order valence-corrected chi connectivity index (χ0v) is 12.9. The first-order chi connectivity index (χ1) is 9.65. The molecule has 0 saturated carbocycles. The van der Waals surface area contributed by atoms with Gasteiger partial charge in [-0.2, -0.15) is 0 Å². The maximum atomic E-state index is 14.3. The molecule has 112 valence electrons. The van der Waals surface area contributed by atoms with Crippen molar-refractivity contribution in [3.63, 3.8) is 0 Å². The SMILES string of the molecule is CCCNC(c1c(F)ccc(Br)c1F)C1COCCO1. The van der Waals surface area contributed by atoms with Gasteiger partial charge in [-0.3, -0.25) is 0 Å². The van der Waals surface area contributed by atoms with Crippen molar-refractivity contribution in [1.82, 2.24) is 5.32 Å². The van der Waals surface area contributed by atoms with E-state index in [1.54, 1.807) is 0 Å². The smallest absolute Gasteiger partial charge is 0.145 e. The van der Waals surface area contributed by atoms with Crippen molar-refractivity contribution in [2.24, 2.45) is 0 Å². The van der Waals surface area contributed by atoms with Crippen molar-refractivity contribution < 1.29 is 18.3 Å². The molecule has 0 bridgehead atoms. The van der Waals surface area contributed by atoms with Crippen LogP contribution in [0.2, 0.25) is 0 Å². The number of hydrogen-bond donors (Lipinski definition) is 1. The molecule has 1 N–H and O–H groups in total. The van der Waals surface area contributed by atoms with E-state index in [-0.39, 0.29) is 10.0 Å². The number of hydrogen-bond acceptors (Lipinski definition) is 3. The first-order valence-electron chi connectivity index (χ1n) is 6.71. The van der Waals surface area contributed by atoms with Gasteiger partial charge < -0.3 is 14.8 Å². The lowest BCUT2D eigenvalue weighted by Gasteiger charge is -2.32. The number of halogens is 3. The molecule has 0 aliphatic carbocycles. The third-order valence-electron chi connectivity index (χ3n) is 3.22. The number of ether oxygens (including phenoxy) is 2. The fourth-order valence-electron chi connectivity index (χ4n) is 2.25. The van der Waals surface area contributed by atoms with E-state index in [0.717, 1.165) is 6.42 Å². The molecule has 0 aromatic heterocycles. The van der Waals surface area contributed by atoms with Crippen LogP contribution in [0.15, 0.2) is 16.6 Å². The third-order valence-corrected chi connectivity index (χ3v) is 3.83. The first kappa shape index (κ1) is 15.8. The Morgan fingerprint density at radius 3 is 2.85 bits per heavy atom. The largest absolute Gasteiger partial charge is 0.376 e. The Hall–Kier alpha value is -0.560. The Labute approximate surface area is 125 Å². The standard InChI is InChI=1S/C14H18BrF2NO2/c1-2-5-18-14(11-8-19-6-7-20-11)12-10(16)4-3-9(15)13(12)17/h3-4,11,14,18H,2,5-8H2,1H3. The second-order valence-electron chi connectivity index (χ2n) is 4.67. The van der Waals surface area contributed by atoms with Crippen molar-refractivity contribution in [3.05, 3.63) is 33.8 Å². The summed E-state index contributed by atoms with van der Waals surface area (Å²) in [6.45, 7) is 3.92. The highest BCUT2D eigenvalue weighted by Crippen LogP contribution is 2.30. The summed E-state index contributed by atoms with van der Waals surface area (Å²) in [6.07, 6.45) is 0.468. The molecule has 1 heterocycles. The lowest BCUT2D eigenvalue weighted by molar-refractivity contribution is -0.103. The van der Waals surface area contributed by atoms with E-state index in [4.69, 9.17) is 9.47 Å². The van der Waals surface area contributed by atoms with Gasteiger partial charge in [0.1, 0.15) is 17.7 Å². The van der Waals surface area contributed by atoms with Crippen molar-refractivity contribution >= 4 is 15.9 Å². The molecule has 0 amide bonds. The molecular weight excluding hydrogens is 332 g/mol. The van der Waals surface area contributed by atoms with Gasteiger partial charge in [0.25, 0.3) is 0 Å². The van der Waals surface area contributed by atoms with Gasteiger partial charge >= 0.3 is 0 Å². The molecule has 6 heteroatoms. The van der Waals surface area contributed by atoms with Crippen LogP contribution in [0.3, 0.4) is 0 Å². The molecule has 2 rings (SSSR count). The fourth-order valence-corrected chi connectivity index (χ4v) is 2.59. The van der Waals surface area contributed by atoms with Crippen molar-refractivity contribution in [2.75, 3.05) is 26.4 Å². The molecule has 1 aliphatic rings. The second kappa shape index (κ2) is 7.45. The summed E-state index contributed by atoms with van der Waals surface area (Å²) >= 11 is 3.10. The molecular formula is C14H18BrF2NO2. The Morgan fingerprint density at radius 2 is 2.20 bits per heavy atom. The van der Waals surface area contributed by atoms with E-state index in [0.29, 0.717) is 26.4 Å². The number of rotatable bonds is 5. The Kier molecular flexibility index (Phi) is 5.89. The van der Waals surface area contributed by atoms with Crippen molar-refractivity contribution in [1.29, 1.82) is 0 Å². The highest BCUT2D eigenvalue weighted by Gasteiger charge is 2.31. The fraction of sp³-hybridized carbons (Fsp3) is 0.571. The summed E-state index contributed by atoms with van der Waals surface area (Å²) in [5, 5.41) is 3.16. The molecule has 1 fully saturated rings. The summed E-state index contributed by atoms with van der Waals surface area (Å²) < 4.78 is 39.5. The van der Waals surface area contributed by atoms with Crippen LogP contribution in [0.5, 0.6) is 0 Å².